The summed E-state index contributed by atoms with van der Waals surface area (Å²) in [6, 6.07) is 4.02. The zero-order valence-electron chi connectivity index (χ0n) is 14.2. The number of methoxy groups -OCH3 is 1. The van der Waals surface area contributed by atoms with Crippen molar-refractivity contribution in [2.75, 3.05) is 26.7 Å². The molecule has 0 aromatic heterocycles. The smallest absolute Gasteiger partial charge is 0.311 e. The maximum atomic E-state index is 12.0. The Morgan fingerprint density at radius 2 is 1.96 bits per heavy atom. The third-order valence-corrected chi connectivity index (χ3v) is 3.61. The van der Waals surface area contributed by atoms with Gasteiger partial charge in [-0.3, -0.25) is 19.7 Å². The molecular formula is C16H23N3O5. The Balaban J connectivity index is 2.56. The Bertz CT molecular complexity index is 599. The fourth-order valence-corrected chi connectivity index (χ4v) is 2.25. The van der Waals surface area contributed by atoms with E-state index in [1.165, 1.54) is 25.3 Å². The Labute approximate surface area is 140 Å². The molecule has 0 aliphatic rings. The maximum absolute atomic E-state index is 12.0. The first kappa shape index (κ1) is 19.4. The predicted octanol–water partition coefficient (Wildman–Crippen LogP) is 1.98. The van der Waals surface area contributed by atoms with Gasteiger partial charge in [-0.1, -0.05) is 0 Å². The van der Waals surface area contributed by atoms with Gasteiger partial charge >= 0.3 is 5.69 Å². The molecule has 0 fully saturated rings. The molecule has 1 aromatic rings. The zero-order valence-corrected chi connectivity index (χ0v) is 14.2. The highest BCUT2D eigenvalue weighted by Crippen LogP contribution is 2.27. The number of nitro benzene ring substituents is 1. The Morgan fingerprint density at radius 1 is 1.29 bits per heavy atom. The molecule has 0 saturated carbocycles. The molecule has 0 bridgehead atoms. The molecular weight excluding hydrogens is 314 g/mol. The highest BCUT2D eigenvalue weighted by atomic mass is 16.6. The van der Waals surface area contributed by atoms with Gasteiger partial charge in [0.05, 0.1) is 12.0 Å². The molecule has 0 saturated heterocycles. The molecule has 0 atom stereocenters. The van der Waals surface area contributed by atoms with Gasteiger partial charge in [0.15, 0.2) is 5.75 Å². The van der Waals surface area contributed by atoms with Crippen LogP contribution in [0.2, 0.25) is 0 Å². The minimum atomic E-state index is -0.599. The summed E-state index contributed by atoms with van der Waals surface area (Å²) in [6.45, 7) is 5.49. The number of hydrogen-bond acceptors (Lipinski definition) is 5. The molecule has 1 N–H and O–H groups in total. The molecule has 0 aliphatic carbocycles. The highest BCUT2D eigenvalue weighted by molar-refractivity contribution is 5.95. The molecule has 8 heteroatoms. The van der Waals surface area contributed by atoms with Crippen LogP contribution in [0.1, 0.15) is 37.0 Å². The van der Waals surface area contributed by atoms with Crippen LogP contribution >= 0.6 is 0 Å². The van der Waals surface area contributed by atoms with Gasteiger partial charge in [-0.2, -0.15) is 0 Å². The topological polar surface area (TPSA) is 102 Å². The highest BCUT2D eigenvalue weighted by Gasteiger charge is 2.18. The summed E-state index contributed by atoms with van der Waals surface area (Å²) in [5, 5.41) is 13.6. The number of benzene rings is 1. The van der Waals surface area contributed by atoms with E-state index in [4.69, 9.17) is 4.74 Å². The number of nitro groups is 1. The lowest BCUT2D eigenvalue weighted by Crippen LogP contribution is -2.31. The van der Waals surface area contributed by atoms with Crippen molar-refractivity contribution < 1.29 is 19.2 Å². The van der Waals surface area contributed by atoms with Crippen LogP contribution in [0.25, 0.3) is 0 Å². The number of hydrogen-bond donors (Lipinski definition) is 1. The van der Waals surface area contributed by atoms with Crippen molar-refractivity contribution in [1.82, 2.24) is 10.2 Å². The molecule has 132 valence electrons. The molecule has 1 rings (SSSR count). The molecule has 1 aromatic carbocycles. The van der Waals surface area contributed by atoms with Crippen LogP contribution in [0, 0.1) is 10.1 Å². The van der Waals surface area contributed by atoms with Crippen LogP contribution in [0.15, 0.2) is 18.2 Å². The van der Waals surface area contributed by atoms with Gasteiger partial charge in [0.25, 0.3) is 5.91 Å². The summed E-state index contributed by atoms with van der Waals surface area (Å²) < 4.78 is 4.89. The number of nitrogens with zero attached hydrogens (tertiary/aromatic N) is 2. The van der Waals surface area contributed by atoms with E-state index >= 15 is 0 Å². The molecule has 24 heavy (non-hydrogen) atoms. The lowest BCUT2D eigenvalue weighted by atomic mass is 10.1. The number of rotatable bonds is 9. The van der Waals surface area contributed by atoms with E-state index in [1.54, 1.807) is 4.90 Å². The largest absolute Gasteiger partial charge is 0.490 e. The molecule has 2 amide bonds. The van der Waals surface area contributed by atoms with Crippen LogP contribution in [-0.2, 0) is 4.79 Å². The van der Waals surface area contributed by atoms with Crippen molar-refractivity contribution in [2.24, 2.45) is 0 Å². The monoisotopic (exact) mass is 337 g/mol. The molecule has 0 heterocycles. The quantitative estimate of drug-likeness (QED) is 0.422. The van der Waals surface area contributed by atoms with Gasteiger partial charge in [0.2, 0.25) is 5.91 Å². The number of nitrogens with one attached hydrogen (secondary N) is 1. The molecule has 0 radical (unpaired) electrons. The fraction of sp³-hybridized carbons (Fsp3) is 0.500. The van der Waals surface area contributed by atoms with E-state index in [2.05, 4.69) is 5.32 Å². The van der Waals surface area contributed by atoms with E-state index in [0.717, 1.165) is 0 Å². The average molecular weight is 337 g/mol. The third kappa shape index (κ3) is 5.22. The second kappa shape index (κ2) is 9.49. The minimum absolute atomic E-state index is 0.0503. The second-order valence-corrected chi connectivity index (χ2v) is 5.07. The van der Waals surface area contributed by atoms with Gasteiger partial charge in [-0.25, -0.2) is 0 Å². The SMILES string of the molecule is CCN(CC)C(=O)CCCNC(=O)c1ccc(OC)c([N+](=O)[O-])c1. The van der Waals surface area contributed by atoms with Crippen molar-refractivity contribution in [3.05, 3.63) is 33.9 Å². The first-order valence-electron chi connectivity index (χ1n) is 7.82. The van der Waals surface area contributed by atoms with Crippen LogP contribution in [0.3, 0.4) is 0 Å². The van der Waals surface area contributed by atoms with Crippen molar-refractivity contribution in [3.8, 4) is 5.75 Å². The van der Waals surface area contributed by atoms with Crippen LogP contribution in [-0.4, -0.2) is 48.4 Å². The first-order valence-corrected chi connectivity index (χ1v) is 7.82. The summed E-state index contributed by atoms with van der Waals surface area (Å²) in [7, 11) is 1.33. The molecule has 8 nitrogen and oxygen atoms in total. The second-order valence-electron chi connectivity index (χ2n) is 5.07. The van der Waals surface area contributed by atoms with Gasteiger partial charge in [0.1, 0.15) is 0 Å². The van der Waals surface area contributed by atoms with E-state index in [9.17, 15) is 19.7 Å². The fourth-order valence-electron chi connectivity index (χ4n) is 2.25. The average Bonchev–Trinajstić information content (AvgIpc) is 2.58. The number of amides is 2. The van der Waals surface area contributed by atoms with Gasteiger partial charge in [0, 0.05) is 37.7 Å². The lowest BCUT2D eigenvalue weighted by molar-refractivity contribution is -0.385. The van der Waals surface area contributed by atoms with Crippen LogP contribution in [0.5, 0.6) is 5.75 Å². The van der Waals surface area contributed by atoms with Gasteiger partial charge in [-0.05, 0) is 32.4 Å². The van der Waals surface area contributed by atoms with E-state index in [-0.39, 0.29) is 22.9 Å². The minimum Gasteiger partial charge on any atom is -0.490 e. The number of carbonyl (C=O) groups is 2. The normalized spacial score (nSPS) is 10.1. The summed E-state index contributed by atoms with van der Waals surface area (Å²) in [5.74, 6) is -0.272. The van der Waals surface area contributed by atoms with Crippen molar-refractivity contribution >= 4 is 17.5 Å². The molecule has 0 aliphatic heterocycles. The van der Waals surface area contributed by atoms with Crippen molar-refractivity contribution in [3.63, 3.8) is 0 Å². The summed E-state index contributed by atoms with van der Waals surface area (Å²) in [4.78, 5) is 36.0. The van der Waals surface area contributed by atoms with E-state index < -0.39 is 10.8 Å². The maximum Gasteiger partial charge on any atom is 0.311 e. The molecule has 0 unspecified atom stereocenters. The van der Waals surface area contributed by atoms with Crippen molar-refractivity contribution in [2.45, 2.75) is 26.7 Å². The standard InChI is InChI=1S/C16H23N3O5/c1-4-18(5-2)15(20)7-6-10-17-16(21)12-8-9-14(24-3)13(11-12)19(22)23/h8-9,11H,4-7,10H2,1-3H3,(H,17,21). The van der Waals surface area contributed by atoms with Crippen LogP contribution in [0.4, 0.5) is 5.69 Å². The van der Waals surface area contributed by atoms with E-state index in [0.29, 0.717) is 32.5 Å². The Hall–Kier alpha value is -2.64. The number of carbonyl (C=O) groups excluding carboxylic acids is 2. The Morgan fingerprint density at radius 3 is 2.50 bits per heavy atom. The van der Waals surface area contributed by atoms with Crippen LogP contribution < -0.4 is 10.1 Å². The Kier molecular flexibility index (Phi) is 7.67. The number of ether oxygens (including phenoxy) is 1. The predicted molar refractivity (Wildman–Crippen MR) is 89.1 cm³/mol. The zero-order chi connectivity index (χ0) is 18.1. The third-order valence-electron chi connectivity index (χ3n) is 3.61. The first-order chi connectivity index (χ1) is 11.4. The van der Waals surface area contributed by atoms with E-state index in [1.807, 2.05) is 13.8 Å². The lowest BCUT2D eigenvalue weighted by Gasteiger charge is -2.18. The van der Waals surface area contributed by atoms with Gasteiger partial charge in [-0.15, -0.1) is 0 Å². The summed E-state index contributed by atoms with van der Waals surface area (Å²) in [6.07, 6.45) is 0.865. The summed E-state index contributed by atoms with van der Waals surface area (Å²) in [5.41, 5.74) is -0.0839. The van der Waals surface area contributed by atoms with Crippen molar-refractivity contribution in [1.29, 1.82) is 0 Å². The molecule has 0 spiro atoms. The van der Waals surface area contributed by atoms with Gasteiger partial charge < -0.3 is 15.0 Å². The summed E-state index contributed by atoms with van der Waals surface area (Å²) >= 11 is 0.